The lowest BCUT2D eigenvalue weighted by Gasteiger charge is -2.27. The molecule has 0 unspecified atom stereocenters. The quantitative estimate of drug-likeness (QED) is 0.214. The smallest absolute Gasteiger partial charge is 0.245 e. The molecule has 0 aliphatic carbocycles. The van der Waals surface area contributed by atoms with E-state index in [1.807, 2.05) is 36.4 Å². The van der Waals surface area contributed by atoms with Crippen molar-refractivity contribution in [3.05, 3.63) is 83.7 Å². The standard InChI is InChI=1S/C33H42N8O6/c1-3-25-31(45)36-27(18-23-13-8-5-9-14-23)32(46)38-29(21(2)42)33(47)37-26(17-22-11-6-4-7-12-22)30(44)34-19-24-20-41(40-39-24)16-10-15-28(43)35-25/h4-9,11-14,20-21,25-27,29,42H,3,10,15-19H2,1-2H3,(H,34,44)(H,35,43)(H,36,45)(H,37,47)(H,38,46)/t21-,25+,26+,27-,29+/m1/s1. The number of aliphatic hydroxyl groups is 1. The molecule has 250 valence electrons. The molecule has 1 aromatic heterocycles. The largest absolute Gasteiger partial charge is 0.391 e. The fourth-order valence-electron chi connectivity index (χ4n) is 5.16. The molecule has 0 spiro atoms. The summed E-state index contributed by atoms with van der Waals surface area (Å²) in [4.78, 5) is 66.8. The van der Waals surface area contributed by atoms with E-state index in [1.54, 1.807) is 42.1 Å². The molecule has 1 aliphatic heterocycles. The lowest BCUT2D eigenvalue weighted by atomic mass is 10.0. The van der Waals surface area contributed by atoms with E-state index >= 15 is 0 Å². The van der Waals surface area contributed by atoms with Gasteiger partial charge in [-0.25, -0.2) is 0 Å². The monoisotopic (exact) mass is 646 g/mol. The minimum Gasteiger partial charge on any atom is -0.391 e. The first-order valence-corrected chi connectivity index (χ1v) is 15.8. The van der Waals surface area contributed by atoms with E-state index < -0.39 is 53.9 Å². The second-order valence-corrected chi connectivity index (χ2v) is 11.6. The third-order valence-electron chi connectivity index (χ3n) is 7.77. The van der Waals surface area contributed by atoms with Gasteiger partial charge >= 0.3 is 0 Å². The summed E-state index contributed by atoms with van der Waals surface area (Å²) >= 11 is 0. The first-order valence-electron chi connectivity index (χ1n) is 15.8. The topological polar surface area (TPSA) is 196 Å². The van der Waals surface area contributed by atoms with Gasteiger partial charge in [-0.2, -0.15) is 0 Å². The number of hydrogen-bond donors (Lipinski definition) is 6. The molecule has 0 radical (unpaired) electrons. The molecular formula is C33H42N8O6. The number of carbonyl (C=O) groups is 5. The fraction of sp³-hybridized carbons (Fsp3) is 0.424. The van der Waals surface area contributed by atoms with Crippen molar-refractivity contribution in [1.82, 2.24) is 41.6 Å². The van der Waals surface area contributed by atoms with Crippen LogP contribution in [0.2, 0.25) is 0 Å². The van der Waals surface area contributed by atoms with Crippen molar-refractivity contribution in [3.63, 3.8) is 0 Å². The third-order valence-corrected chi connectivity index (χ3v) is 7.77. The maximum atomic E-state index is 13.7. The summed E-state index contributed by atoms with van der Waals surface area (Å²) in [5.41, 5.74) is 1.99. The van der Waals surface area contributed by atoms with Crippen LogP contribution in [-0.4, -0.2) is 79.9 Å². The summed E-state index contributed by atoms with van der Waals surface area (Å²) in [6, 6.07) is 13.5. The Bertz CT molecular complexity index is 1510. The fourth-order valence-corrected chi connectivity index (χ4v) is 5.16. The Morgan fingerprint density at radius 3 is 1.96 bits per heavy atom. The molecule has 1 aliphatic rings. The van der Waals surface area contributed by atoms with Gasteiger partial charge < -0.3 is 31.7 Å². The number of hydrogen-bond acceptors (Lipinski definition) is 8. The average Bonchev–Trinajstić information content (AvgIpc) is 3.52. The molecular weight excluding hydrogens is 604 g/mol. The van der Waals surface area contributed by atoms with E-state index in [0.29, 0.717) is 18.7 Å². The van der Waals surface area contributed by atoms with E-state index in [2.05, 4.69) is 36.9 Å². The van der Waals surface area contributed by atoms with Gasteiger partial charge in [0.25, 0.3) is 0 Å². The van der Waals surface area contributed by atoms with Crippen LogP contribution < -0.4 is 26.6 Å². The van der Waals surface area contributed by atoms with Crippen molar-refractivity contribution in [1.29, 1.82) is 0 Å². The van der Waals surface area contributed by atoms with Crippen LogP contribution in [0.5, 0.6) is 0 Å². The van der Waals surface area contributed by atoms with E-state index in [0.717, 1.165) is 11.1 Å². The van der Waals surface area contributed by atoms with E-state index in [-0.39, 0.29) is 38.1 Å². The lowest BCUT2D eigenvalue weighted by molar-refractivity contribution is -0.136. The van der Waals surface area contributed by atoms with Gasteiger partial charge in [0, 0.05) is 25.8 Å². The number of aliphatic hydroxyl groups excluding tert-OH is 1. The van der Waals surface area contributed by atoms with Gasteiger partial charge in [-0.05, 0) is 30.9 Å². The lowest BCUT2D eigenvalue weighted by Crippen LogP contribution is -2.61. The minimum atomic E-state index is -1.46. The second kappa shape index (κ2) is 17.0. The Morgan fingerprint density at radius 2 is 1.36 bits per heavy atom. The van der Waals surface area contributed by atoms with Crippen molar-refractivity contribution in [2.45, 2.75) is 89.3 Å². The number of benzene rings is 2. The molecule has 2 bridgehead atoms. The van der Waals surface area contributed by atoms with Crippen molar-refractivity contribution >= 4 is 29.5 Å². The van der Waals surface area contributed by atoms with Crippen molar-refractivity contribution in [2.24, 2.45) is 0 Å². The highest BCUT2D eigenvalue weighted by Gasteiger charge is 2.33. The van der Waals surface area contributed by atoms with Gasteiger partial charge in [0.1, 0.15) is 29.9 Å². The van der Waals surface area contributed by atoms with E-state index in [4.69, 9.17) is 0 Å². The number of nitrogens with zero attached hydrogens (tertiary/aromatic N) is 3. The number of carbonyl (C=O) groups excluding carboxylic acids is 5. The van der Waals surface area contributed by atoms with Crippen LogP contribution in [0.4, 0.5) is 0 Å². The van der Waals surface area contributed by atoms with Crippen LogP contribution in [0.15, 0.2) is 66.9 Å². The van der Waals surface area contributed by atoms with Gasteiger partial charge in [0.05, 0.1) is 18.8 Å². The van der Waals surface area contributed by atoms with Gasteiger partial charge in [0.2, 0.25) is 29.5 Å². The summed E-state index contributed by atoms with van der Waals surface area (Å²) in [7, 11) is 0. The zero-order valence-electron chi connectivity index (χ0n) is 26.5. The number of fused-ring (bicyclic) bond motifs is 2. The predicted octanol–water partition coefficient (Wildman–Crippen LogP) is -0.0965. The van der Waals surface area contributed by atoms with Crippen molar-refractivity contribution in [2.75, 3.05) is 0 Å². The van der Waals surface area contributed by atoms with Crippen molar-refractivity contribution in [3.8, 4) is 0 Å². The molecule has 0 saturated carbocycles. The molecule has 5 amide bonds. The van der Waals surface area contributed by atoms with Crippen LogP contribution in [0.25, 0.3) is 0 Å². The Kier molecular flexibility index (Phi) is 12.6. The molecule has 4 rings (SSSR count). The summed E-state index contributed by atoms with van der Waals surface area (Å²) in [6.07, 6.45) is 1.32. The molecule has 0 fully saturated rings. The Balaban J connectivity index is 1.63. The van der Waals surface area contributed by atoms with Crippen molar-refractivity contribution < 1.29 is 29.1 Å². The highest BCUT2D eigenvalue weighted by Crippen LogP contribution is 2.09. The molecule has 0 saturated heterocycles. The highest BCUT2D eigenvalue weighted by molar-refractivity contribution is 5.96. The van der Waals surface area contributed by atoms with Gasteiger partial charge in [0.15, 0.2) is 0 Å². The molecule has 14 heteroatoms. The van der Waals surface area contributed by atoms with Crippen LogP contribution >= 0.6 is 0 Å². The maximum absolute atomic E-state index is 13.7. The molecule has 5 atom stereocenters. The normalized spacial score (nSPS) is 22.8. The number of amides is 5. The summed E-state index contributed by atoms with van der Waals surface area (Å²) in [6.45, 7) is 3.49. The van der Waals surface area contributed by atoms with Crippen LogP contribution in [0.1, 0.15) is 49.9 Å². The Morgan fingerprint density at radius 1 is 0.787 bits per heavy atom. The van der Waals surface area contributed by atoms with Crippen LogP contribution in [0, 0.1) is 0 Å². The molecule has 14 nitrogen and oxygen atoms in total. The van der Waals surface area contributed by atoms with E-state index in [9.17, 15) is 29.1 Å². The summed E-state index contributed by atoms with van der Waals surface area (Å²) in [5.74, 6) is -2.92. The SMILES string of the molecule is CC[C@@H]1NC(=O)CCCn2cc(nn2)CNC(=O)[C@H](Cc2ccccc2)NC(=O)[C@H]([C@@H](C)O)NC(=O)[C@@H](Cc2ccccc2)NC1=O. The zero-order chi connectivity index (χ0) is 33.8. The molecule has 47 heavy (non-hydrogen) atoms. The number of rotatable bonds is 6. The predicted molar refractivity (Wildman–Crippen MR) is 171 cm³/mol. The van der Waals surface area contributed by atoms with Gasteiger partial charge in [-0.3, -0.25) is 28.7 Å². The number of aromatic nitrogens is 3. The average molecular weight is 647 g/mol. The molecule has 3 aromatic rings. The second-order valence-electron chi connectivity index (χ2n) is 11.6. The Labute approximate surface area is 273 Å². The minimum absolute atomic E-state index is 0.0319. The Hall–Kier alpha value is -5.11. The number of nitrogens with one attached hydrogen (secondary N) is 5. The summed E-state index contributed by atoms with van der Waals surface area (Å²) in [5, 5.41) is 32.3. The van der Waals surface area contributed by atoms with Crippen LogP contribution in [-0.2, 0) is 49.9 Å². The first kappa shape index (κ1) is 34.8. The van der Waals surface area contributed by atoms with Crippen LogP contribution in [0.3, 0.4) is 0 Å². The zero-order valence-corrected chi connectivity index (χ0v) is 26.5. The maximum Gasteiger partial charge on any atom is 0.245 e. The van der Waals surface area contributed by atoms with Gasteiger partial charge in [-0.15, -0.1) is 5.10 Å². The van der Waals surface area contributed by atoms with Gasteiger partial charge in [-0.1, -0.05) is 72.8 Å². The molecule has 2 aromatic carbocycles. The highest BCUT2D eigenvalue weighted by atomic mass is 16.3. The first-order chi connectivity index (χ1) is 22.6. The van der Waals surface area contributed by atoms with E-state index in [1.165, 1.54) is 6.92 Å². The molecule has 2 heterocycles. The molecule has 6 N–H and O–H groups in total. The number of aryl methyl sites for hydroxylation is 1. The summed E-state index contributed by atoms with van der Waals surface area (Å²) < 4.78 is 1.56. The third kappa shape index (κ3) is 10.5.